The van der Waals surface area contributed by atoms with Crippen molar-refractivity contribution in [3.63, 3.8) is 0 Å². The van der Waals surface area contributed by atoms with Gasteiger partial charge in [-0.2, -0.15) is 0 Å². The second-order valence-electron chi connectivity index (χ2n) is 15.5. The first-order chi connectivity index (χ1) is 39.5. The summed E-state index contributed by atoms with van der Waals surface area (Å²) in [4.78, 5) is 68.1. The van der Waals surface area contributed by atoms with Crippen LogP contribution in [0.3, 0.4) is 0 Å². The molecule has 32 nitrogen and oxygen atoms in total. The highest BCUT2D eigenvalue weighted by molar-refractivity contribution is 8.14. The summed E-state index contributed by atoms with van der Waals surface area (Å²) in [6, 6.07) is 0. The molecule has 0 spiro atoms. The topological polar surface area (TPSA) is 499 Å². The van der Waals surface area contributed by atoms with Crippen LogP contribution in [0.5, 0.6) is 0 Å². The Labute approximate surface area is 489 Å². The minimum absolute atomic E-state index is 0.255. The van der Waals surface area contributed by atoms with Crippen molar-refractivity contribution in [2.45, 2.75) is 70.9 Å². The minimum atomic E-state index is 0.255. The Bertz CT molecular complexity index is 3030. The van der Waals surface area contributed by atoms with E-state index in [2.05, 4.69) is 90.2 Å². The van der Waals surface area contributed by atoms with Crippen LogP contribution in [0.4, 0.5) is 0 Å². The summed E-state index contributed by atoms with van der Waals surface area (Å²) >= 11 is 11.9. The maximum atomic E-state index is 9.09. The maximum absolute atomic E-state index is 9.09. The summed E-state index contributed by atoms with van der Waals surface area (Å²) in [5.41, 5.74) is 74.5. The molecule has 0 fully saturated rings. The Morgan fingerprint density at radius 3 is 0.662 bits per heavy atom. The third-order valence-electron chi connectivity index (χ3n) is 9.96. The predicted molar refractivity (Wildman–Crippen MR) is 328 cm³/mol. The molecule has 5 rings (SSSR count). The number of thioether (sulfide) groups is 8. The maximum Gasteiger partial charge on any atom is 0.171 e. The van der Waals surface area contributed by atoms with E-state index in [4.69, 9.17) is 74.2 Å². The van der Waals surface area contributed by atoms with E-state index >= 15 is 0 Å². The van der Waals surface area contributed by atoms with Gasteiger partial charge in [-0.1, -0.05) is 40.9 Å². The van der Waals surface area contributed by atoms with E-state index in [9.17, 15) is 0 Å². The fourth-order valence-electron chi connectivity index (χ4n) is 6.62. The Morgan fingerprint density at radius 1 is 0.263 bits per heavy atom. The smallest absolute Gasteiger partial charge is 0.171 e. The molecule has 8 bridgehead atoms. The van der Waals surface area contributed by atoms with Crippen molar-refractivity contribution in [2.75, 3.05) is 98.4 Å². The number of rotatable bonds is 40. The monoisotopic (exact) mass is 1230 g/mol. The molecule has 0 radical (unpaired) electrons. The molecule has 3 aromatic rings. The van der Waals surface area contributed by atoms with Crippen LogP contribution in [0.25, 0.3) is 126 Å². The lowest BCUT2D eigenvalue weighted by atomic mass is 10.4. The zero-order valence-corrected chi connectivity index (χ0v) is 49.2. The number of fused-ring (bicyclic) bond motifs is 8. The largest absolute Gasteiger partial charge is 0.323 e. The number of H-pyrrole nitrogens is 2. The van der Waals surface area contributed by atoms with E-state index in [1.807, 2.05) is 0 Å². The quantitative estimate of drug-likeness (QED) is 0.0176. The summed E-state index contributed by atoms with van der Waals surface area (Å²) in [6.45, 7) is 2.07. The minimum Gasteiger partial charge on any atom is -0.323 e. The Morgan fingerprint density at radius 2 is 0.450 bits per heavy atom. The van der Waals surface area contributed by atoms with Crippen LogP contribution >= 0.6 is 94.1 Å². The van der Waals surface area contributed by atoms with Crippen molar-refractivity contribution in [1.29, 1.82) is 0 Å². The normalized spacial score (nSPS) is 11.5. The number of nitrogens with one attached hydrogen (secondary N) is 2. The fraction of sp³-hybridized carbons (Fsp3) is 0.600. The van der Waals surface area contributed by atoms with Gasteiger partial charge >= 0.3 is 0 Å². The molecule has 0 saturated heterocycles. The summed E-state index contributed by atoms with van der Waals surface area (Å²) in [5.74, 6) is 5.47. The molecule has 40 heteroatoms. The van der Waals surface area contributed by atoms with E-state index in [1.165, 1.54) is 94.1 Å². The van der Waals surface area contributed by atoms with Crippen molar-refractivity contribution < 1.29 is 0 Å². The first kappa shape index (κ1) is 64.4. The first-order valence-electron chi connectivity index (χ1n) is 24.4. The molecular weight excluding hydrogens is 1190 g/mol. The number of aromatic amines is 2. The summed E-state index contributed by atoms with van der Waals surface area (Å²) in [7, 11) is 0. The van der Waals surface area contributed by atoms with Crippen molar-refractivity contribution in [3.8, 4) is 0 Å². The molecule has 0 amide bonds. The van der Waals surface area contributed by atoms with Crippen LogP contribution in [0.1, 0.15) is 74.7 Å². The highest BCUT2D eigenvalue weighted by Crippen LogP contribution is 2.48. The van der Waals surface area contributed by atoms with Gasteiger partial charge in [-0.25, -0.2) is 29.9 Å². The van der Waals surface area contributed by atoms with Crippen LogP contribution in [-0.4, -0.2) is 138 Å². The van der Waals surface area contributed by atoms with Gasteiger partial charge in [-0.15, -0.1) is 94.1 Å². The molecule has 0 aromatic carbocycles. The van der Waals surface area contributed by atoms with Crippen LogP contribution in [0, 0.1) is 0 Å². The highest BCUT2D eigenvalue weighted by Gasteiger charge is 2.29. The molecule has 3 aromatic heterocycles. The van der Waals surface area contributed by atoms with Gasteiger partial charge in [-0.05, 0) is 142 Å². The highest BCUT2D eigenvalue weighted by atomic mass is 32.2. The molecule has 2 N–H and O–H groups in total. The third-order valence-corrected chi connectivity index (χ3v) is 19.9. The van der Waals surface area contributed by atoms with Gasteiger partial charge in [0.25, 0.3) is 0 Å². The first-order valence-corrected chi connectivity index (χ1v) is 32.2. The third kappa shape index (κ3) is 21.2. The van der Waals surface area contributed by atoms with Gasteiger partial charge in [0.2, 0.25) is 0 Å². The van der Waals surface area contributed by atoms with E-state index in [0.717, 1.165) is 19.6 Å². The molecule has 0 aliphatic carbocycles. The summed E-state index contributed by atoms with van der Waals surface area (Å²) in [5, 5.41) is 30.1. The molecule has 0 saturated carbocycles. The van der Waals surface area contributed by atoms with E-state index < -0.39 is 0 Å². The average molecular weight is 1240 g/mol. The average Bonchev–Trinajstić information content (AvgIpc) is 4.22. The molecule has 0 atom stereocenters. The molecule has 80 heavy (non-hydrogen) atoms. The van der Waals surface area contributed by atoms with Gasteiger partial charge in [0.15, 0.2) is 23.3 Å². The Hall–Kier alpha value is -6.40. The van der Waals surface area contributed by atoms with Crippen molar-refractivity contribution in [2.24, 2.45) is 40.9 Å². The standard InChI is InChI=1S/C40H50N32S8/c41-65-49-9-1-17-73-25-26(74-18-2-10-50-66-42)34-57-33(25)61-35-27(75-19-3-11-51-67-43)28(76-20-4-12-52-68-44)37(58-35)63-39-31(79-23-7-15-55-71-47)32(80-24-8-16-56-72-48)40(60-39)64-38-30(78-22-6-14-54-70-46)29(36(59-38)62-34)77-21-5-13-53-69-45/h1-24H2,(H2,57,58,59,60,61,62,63,64). The fourth-order valence-corrected chi connectivity index (χ4v) is 15.5. The number of hydrogen-bond donors (Lipinski definition) is 2. The van der Waals surface area contributed by atoms with Crippen LogP contribution in [0.2, 0.25) is 0 Å². The van der Waals surface area contributed by atoms with Gasteiger partial charge in [0.05, 0.1) is 39.2 Å². The van der Waals surface area contributed by atoms with Crippen molar-refractivity contribution in [3.05, 3.63) is 107 Å². The van der Waals surface area contributed by atoms with Crippen molar-refractivity contribution in [1.82, 2.24) is 39.9 Å². The molecule has 418 valence electrons. The lowest BCUT2D eigenvalue weighted by Crippen LogP contribution is -1.93. The van der Waals surface area contributed by atoms with Crippen LogP contribution < -0.4 is 0 Å². The predicted octanol–water partition coefficient (Wildman–Crippen LogP) is 16.5. The zero-order valence-electron chi connectivity index (χ0n) is 42.7. The van der Waals surface area contributed by atoms with Gasteiger partial charge in [0, 0.05) is 91.7 Å². The lowest BCUT2D eigenvalue weighted by Gasteiger charge is -2.08. The second kappa shape index (κ2) is 39.1. The number of azide groups is 8. The molecular formula is C40H50N32S8. The second-order valence-corrected chi connectivity index (χ2v) is 24.3. The number of hydrogen-bond acceptors (Lipinski definition) is 22. The SMILES string of the molecule is [N-]=[N+]=NCCCSC1=C(SCCCN=[N+]=[N-])c2nc1nc1nc(nc3[nH]c(nc4[nH]c(n2)c(SCCCN=[N+]=[N-])c4SCCCN=[N+]=[N-])c(SCCCN=[N+]=[N-])c3SCCCN=[N+]=[N-])C(SCCCN=[N+]=[N-])=C1SCCCN=[N+]=[N-]. The number of aromatic nitrogens is 8. The van der Waals surface area contributed by atoms with E-state index in [1.54, 1.807) is 0 Å². The molecule has 2 aliphatic rings. The zero-order chi connectivity index (χ0) is 56.8. The van der Waals surface area contributed by atoms with Crippen molar-refractivity contribution >= 4 is 136 Å². The summed E-state index contributed by atoms with van der Waals surface area (Å²) < 4.78 is 0. The van der Waals surface area contributed by atoms with E-state index in [0.29, 0.717) is 163 Å². The van der Waals surface area contributed by atoms with E-state index in [-0.39, 0.29) is 52.4 Å². The van der Waals surface area contributed by atoms with Crippen LogP contribution in [0.15, 0.2) is 60.5 Å². The molecule has 5 heterocycles. The molecule has 0 unspecified atom stereocenters. The lowest BCUT2D eigenvalue weighted by molar-refractivity contribution is 0.929. The van der Waals surface area contributed by atoms with Gasteiger partial charge in [-0.3, -0.25) is 0 Å². The molecule has 2 aliphatic heterocycles. The van der Waals surface area contributed by atoms with Crippen LogP contribution in [-0.2, 0) is 0 Å². The number of nitrogens with zero attached hydrogens (tertiary/aromatic N) is 30. The van der Waals surface area contributed by atoms with Gasteiger partial charge in [0.1, 0.15) is 22.6 Å². The Kier molecular flexibility index (Phi) is 31.5. The Balaban J connectivity index is 1.99. The summed E-state index contributed by atoms with van der Waals surface area (Å²) in [6.07, 6.45) is 4.30. The van der Waals surface area contributed by atoms with Gasteiger partial charge < -0.3 is 9.97 Å².